The molecule has 0 spiro atoms. The molecular formula is C15H22N2O5S3. The number of aryl methyl sites for hydroxylation is 1. The third kappa shape index (κ3) is 4.24. The summed E-state index contributed by atoms with van der Waals surface area (Å²) in [4.78, 5) is 13.4. The Balaban J connectivity index is 1.66. The van der Waals surface area contributed by atoms with Crippen molar-refractivity contribution in [3.63, 3.8) is 0 Å². The van der Waals surface area contributed by atoms with Crippen molar-refractivity contribution in [2.24, 2.45) is 5.92 Å². The van der Waals surface area contributed by atoms with E-state index in [4.69, 9.17) is 0 Å². The van der Waals surface area contributed by atoms with Gasteiger partial charge in [-0.05, 0) is 38.3 Å². The molecular weight excluding hydrogens is 384 g/mol. The zero-order chi connectivity index (χ0) is 18.2. The Labute approximate surface area is 152 Å². The Morgan fingerprint density at radius 2 is 2.08 bits per heavy atom. The molecule has 0 aliphatic carbocycles. The van der Waals surface area contributed by atoms with Gasteiger partial charge in [0.2, 0.25) is 5.91 Å². The van der Waals surface area contributed by atoms with E-state index >= 15 is 0 Å². The molecule has 140 valence electrons. The van der Waals surface area contributed by atoms with Gasteiger partial charge in [0.15, 0.2) is 9.84 Å². The van der Waals surface area contributed by atoms with Crippen LogP contribution < -0.4 is 5.32 Å². The van der Waals surface area contributed by atoms with E-state index in [2.05, 4.69) is 5.32 Å². The van der Waals surface area contributed by atoms with Crippen molar-refractivity contribution in [3.8, 4) is 0 Å². The lowest BCUT2D eigenvalue weighted by Gasteiger charge is -2.31. The van der Waals surface area contributed by atoms with Crippen LogP contribution in [0.5, 0.6) is 0 Å². The largest absolute Gasteiger partial charge is 0.352 e. The summed E-state index contributed by atoms with van der Waals surface area (Å²) in [5, 5.41) is 2.78. The molecule has 3 heterocycles. The van der Waals surface area contributed by atoms with Gasteiger partial charge in [-0.2, -0.15) is 4.31 Å². The number of carbonyl (C=O) groups is 1. The first-order chi connectivity index (χ1) is 11.7. The normalized spacial score (nSPS) is 27.2. The number of rotatable bonds is 4. The molecule has 2 atom stereocenters. The summed E-state index contributed by atoms with van der Waals surface area (Å²) in [6.45, 7) is 2.40. The third-order valence-electron chi connectivity index (χ3n) is 4.64. The number of sulfonamides is 1. The van der Waals surface area contributed by atoms with Gasteiger partial charge in [-0.1, -0.05) is 0 Å². The van der Waals surface area contributed by atoms with Crippen LogP contribution in [0.1, 0.15) is 24.1 Å². The number of thiophene rings is 1. The Kier molecular flexibility index (Phi) is 5.25. The SMILES string of the molecule is Cc1ccc(S(=O)(=O)N2CCC[C@@H](C(=O)N[C@H]3CCS(=O)(=O)C3)C2)s1. The molecule has 2 fully saturated rings. The molecule has 0 bridgehead atoms. The minimum Gasteiger partial charge on any atom is -0.352 e. The monoisotopic (exact) mass is 406 g/mol. The van der Waals surface area contributed by atoms with Crippen LogP contribution in [-0.2, 0) is 24.7 Å². The highest BCUT2D eigenvalue weighted by molar-refractivity contribution is 7.91. The quantitative estimate of drug-likeness (QED) is 0.796. The van der Waals surface area contributed by atoms with Gasteiger partial charge in [-0.3, -0.25) is 4.79 Å². The van der Waals surface area contributed by atoms with E-state index in [9.17, 15) is 21.6 Å². The lowest BCUT2D eigenvalue weighted by Crippen LogP contribution is -2.47. The molecule has 1 aromatic heterocycles. The second kappa shape index (κ2) is 6.98. The Morgan fingerprint density at radius 1 is 1.32 bits per heavy atom. The number of hydrogen-bond donors (Lipinski definition) is 1. The van der Waals surface area contributed by atoms with Crippen LogP contribution in [0.3, 0.4) is 0 Å². The first-order valence-corrected chi connectivity index (χ1v) is 12.3. The number of sulfone groups is 1. The second-order valence-electron chi connectivity index (χ2n) is 6.68. The van der Waals surface area contributed by atoms with Crippen molar-refractivity contribution in [2.75, 3.05) is 24.6 Å². The molecule has 3 rings (SSSR count). The van der Waals surface area contributed by atoms with Crippen molar-refractivity contribution < 1.29 is 21.6 Å². The van der Waals surface area contributed by atoms with Crippen LogP contribution in [-0.4, -0.2) is 57.7 Å². The molecule has 1 aromatic rings. The number of nitrogens with one attached hydrogen (secondary N) is 1. The van der Waals surface area contributed by atoms with Gasteiger partial charge in [-0.25, -0.2) is 16.8 Å². The molecule has 2 aliphatic heterocycles. The minimum absolute atomic E-state index is 0.0258. The maximum absolute atomic E-state index is 12.7. The molecule has 10 heteroatoms. The molecule has 7 nitrogen and oxygen atoms in total. The van der Waals surface area contributed by atoms with Crippen LogP contribution in [0.15, 0.2) is 16.3 Å². The fourth-order valence-electron chi connectivity index (χ4n) is 3.28. The highest BCUT2D eigenvalue weighted by Gasteiger charge is 2.36. The average molecular weight is 407 g/mol. The van der Waals surface area contributed by atoms with Crippen molar-refractivity contribution in [2.45, 2.75) is 36.4 Å². The molecule has 25 heavy (non-hydrogen) atoms. The fourth-order valence-corrected chi connectivity index (χ4v) is 7.92. The standard InChI is InChI=1S/C15H22N2O5S3/c1-11-4-5-14(23-11)25(21,22)17-7-2-3-12(9-17)15(18)16-13-6-8-24(19,20)10-13/h4-5,12-13H,2-3,6-10H2,1H3,(H,16,18)/t12-,13+/m1/s1. The van der Waals surface area contributed by atoms with Gasteiger partial charge in [0.05, 0.1) is 17.4 Å². The Hall–Kier alpha value is -0.970. The molecule has 0 radical (unpaired) electrons. The van der Waals surface area contributed by atoms with E-state index in [1.54, 1.807) is 12.1 Å². The molecule has 1 N–H and O–H groups in total. The first-order valence-electron chi connectivity index (χ1n) is 8.25. The minimum atomic E-state index is -3.58. The van der Waals surface area contributed by atoms with Gasteiger partial charge in [0.1, 0.15) is 4.21 Å². The molecule has 0 saturated carbocycles. The lowest BCUT2D eigenvalue weighted by atomic mass is 9.98. The zero-order valence-corrected chi connectivity index (χ0v) is 16.4. The highest BCUT2D eigenvalue weighted by atomic mass is 32.2. The molecule has 0 unspecified atom stereocenters. The van der Waals surface area contributed by atoms with Crippen molar-refractivity contribution in [1.29, 1.82) is 0 Å². The van der Waals surface area contributed by atoms with Gasteiger partial charge in [0.25, 0.3) is 10.0 Å². The number of nitrogens with zero attached hydrogens (tertiary/aromatic N) is 1. The Morgan fingerprint density at radius 3 is 2.68 bits per heavy atom. The maximum Gasteiger partial charge on any atom is 0.252 e. The van der Waals surface area contributed by atoms with Crippen molar-refractivity contribution >= 4 is 37.1 Å². The molecule has 2 aliphatic rings. The van der Waals surface area contributed by atoms with Gasteiger partial charge in [0, 0.05) is 24.0 Å². The van der Waals surface area contributed by atoms with E-state index in [-0.39, 0.29) is 30.0 Å². The molecule has 0 aromatic carbocycles. The third-order valence-corrected chi connectivity index (χ3v) is 9.74. The van der Waals surface area contributed by atoms with Gasteiger partial charge < -0.3 is 5.32 Å². The van der Waals surface area contributed by atoms with E-state index < -0.39 is 25.8 Å². The van der Waals surface area contributed by atoms with E-state index in [0.29, 0.717) is 30.0 Å². The second-order valence-corrected chi connectivity index (χ2v) is 12.4. The van der Waals surface area contributed by atoms with Crippen LogP contribution in [0.2, 0.25) is 0 Å². The summed E-state index contributed by atoms with van der Waals surface area (Å²) in [6.07, 6.45) is 1.66. The van der Waals surface area contributed by atoms with E-state index in [0.717, 1.165) is 4.88 Å². The highest BCUT2D eigenvalue weighted by Crippen LogP contribution is 2.28. The summed E-state index contributed by atoms with van der Waals surface area (Å²) in [7, 11) is -6.64. The summed E-state index contributed by atoms with van der Waals surface area (Å²) in [5.41, 5.74) is 0. The summed E-state index contributed by atoms with van der Waals surface area (Å²) in [5.74, 6) is -0.611. The first kappa shape index (κ1) is 18.8. The van der Waals surface area contributed by atoms with Crippen LogP contribution in [0.4, 0.5) is 0 Å². The summed E-state index contributed by atoms with van der Waals surface area (Å²) >= 11 is 1.23. The van der Waals surface area contributed by atoms with Crippen LogP contribution in [0, 0.1) is 12.8 Å². The topological polar surface area (TPSA) is 101 Å². The summed E-state index contributed by atoms with van der Waals surface area (Å²) in [6, 6.07) is 3.01. The zero-order valence-electron chi connectivity index (χ0n) is 14.0. The predicted molar refractivity (Wildman–Crippen MR) is 95.7 cm³/mol. The Bertz CT molecular complexity index is 859. The molecule has 2 saturated heterocycles. The van der Waals surface area contributed by atoms with E-state index in [1.807, 2.05) is 6.92 Å². The van der Waals surface area contributed by atoms with Gasteiger partial charge in [-0.15, -0.1) is 11.3 Å². The average Bonchev–Trinajstić information content (AvgIpc) is 3.13. The van der Waals surface area contributed by atoms with Crippen molar-refractivity contribution in [3.05, 3.63) is 17.0 Å². The maximum atomic E-state index is 12.7. The number of carbonyl (C=O) groups excluding carboxylic acids is 1. The van der Waals surface area contributed by atoms with Gasteiger partial charge >= 0.3 is 0 Å². The molecule has 1 amide bonds. The lowest BCUT2D eigenvalue weighted by molar-refractivity contribution is -0.126. The fraction of sp³-hybridized carbons (Fsp3) is 0.667. The van der Waals surface area contributed by atoms with Crippen LogP contribution >= 0.6 is 11.3 Å². The predicted octanol–water partition coefficient (Wildman–Crippen LogP) is 0.761. The number of amides is 1. The summed E-state index contributed by atoms with van der Waals surface area (Å²) < 4.78 is 50.1. The van der Waals surface area contributed by atoms with Crippen molar-refractivity contribution in [1.82, 2.24) is 9.62 Å². The number of hydrogen-bond acceptors (Lipinski definition) is 6. The van der Waals surface area contributed by atoms with Crippen LogP contribution in [0.25, 0.3) is 0 Å². The number of piperidine rings is 1. The smallest absolute Gasteiger partial charge is 0.252 e. The van der Waals surface area contributed by atoms with E-state index in [1.165, 1.54) is 15.6 Å².